The van der Waals surface area contributed by atoms with Crippen LogP contribution in [0.25, 0.3) is 10.9 Å². The summed E-state index contributed by atoms with van der Waals surface area (Å²) in [5, 5.41) is 9.25. The lowest BCUT2D eigenvalue weighted by Gasteiger charge is -2.07. The molecule has 0 radical (unpaired) electrons. The van der Waals surface area contributed by atoms with Gasteiger partial charge in [-0.15, -0.1) is 0 Å². The van der Waals surface area contributed by atoms with E-state index in [4.69, 9.17) is 5.14 Å². The average Bonchev–Trinajstić information content (AvgIpc) is 2.37. The van der Waals surface area contributed by atoms with E-state index in [-0.39, 0.29) is 5.75 Å². The van der Waals surface area contributed by atoms with Crippen LogP contribution in [0.4, 0.5) is 0 Å². The Hall–Kier alpha value is -1.50. The second-order valence-corrected chi connectivity index (χ2v) is 6.12. The highest BCUT2D eigenvalue weighted by Crippen LogP contribution is 2.15. The Balaban J connectivity index is 1.92. The largest absolute Gasteiger partial charge is 0.313 e. The fourth-order valence-corrected chi connectivity index (χ4v) is 2.48. The molecule has 102 valence electrons. The average molecular weight is 279 g/mol. The summed E-state index contributed by atoms with van der Waals surface area (Å²) in [6, 6.07) is 9.96. The van der Waals surface area contributed by atoms with Gasteiger partial charge in [0.05, 0.1) is 11.3 Å². The number of hydrogen-bond donors (Lipinski definition) is 2. The fourth-order valence-electron chi connectivity index (χ4n) is 1.93. The van der Waals surface area contributed by atoms with Crippen LogP contribution in [0.5, 0.6) is 0 Å². The lowest BCUT2D eigenvalue weighted by molar-refractivity contribution is 0.590. The van der Waals surface area contributed by atoms with Gasteiger partial charge >= 0.3 is 0 Å². The summed E-state index contributed by atoms with van der Waals surface area (Å²) in [6.07, 6.45) is 2.28. The molecule has 0 atom stereocenters. The first-order chi connectivity index (χ1) is 9.06. The van der Waals surface area contributed by atoms with E-state index in [1.807, 2.05) is 30.3 Å². The summed E-state index contributed by atoms with van der Waals surface area (Å²) in [6.45, 7) is 1.28. The van der Waals surface area contributed by atoms with Crippen molar-refractivity contribution in [2.24, 2.45) is 5.14 Å². The zero-order chi connectivity index (χ0) is 13.7. The number of nitrogens with one attached hydrogen (secondary N) is 1. The van der Waals surface area contributed by atoms with Gasteiger partial charge in [-0.3, -0.25) is 4.98 Å². The third-order valence-electron chi connectivity index (χ3n) is 2.81. The minimum Gasteiger partial charge on any atom is -0.313 e. The van der Waals surface area contributed by atoms with Crippen LogP contribution in [0, 0.1) is 0 Å². The molecule has 0 unspecified atom stereocenters. The molecule has 0 fully saturated rings. The van der Waals surface area contributed by atoms with Crippen LogP contribution in [0.2, 0.25) is 0 Å². The molecule has 19 heavy (non-hydrogen) atoms. The summed E-state index contributed by atoms with van der Waals surface area (Å²) in [4.78, 5) is 4.36. The molecule has 0 aliphatic rings. The van der Waals surface area contributed by atoms with Gasteiger partial charge in [0, 0.05) is 18.1 Å². The van der Waals surface area contributed by atoms with E-state index >= 15 is 0 Å². The molecular formula is C13H17N3O2S. The molecule has 0 saturated heterocycles. The van der Waals surface area contributed by atoms with Crippen molar-refractivity contribution in [1.29, 1.82) is 0 Å². The Morgan fingerprint density at radius 2 is 2.00 bits per heavy atom. The van der Waals surface area contributed by atoms with Crippen molar-refractivity contribution >= 4 is 20.9 Å². The minimum absolute atomic E-state index is 0.00773. The number of hydrogen-bond acceptors (Lipinski definition) is 4. The monoisotopic (exact) mass is 279 g/mol. The Morgan fingerprint density at radius 3 is 2.79 bits per heavy atom. The Bertz CT molecular complexity index is 650. The SMILES string of the molecule is NS(=O)(=O)CCCNCc1cccc2cccnc12. The van der Waals surface area contributed by atoms with Gasteiger partial charge in [0.25, 0.3) is 0 Å². The molecule has 1 aromatic heterocycles. The van der Waals surface area contributed by atoms with E-state index in [9.17, 15) is 8.42 Å². The molecule has 2 aromatic rings. The molecule has 0 bridgehead atoms. The molecule has 0 saturated carbocycles. The van der Waals surface area contributed by atoms with Crippen molar-refractivity contribution in [3.05, 3.63) is 42.1 Å². The van der Waals surface area contributed by atoms with E-state index in [0.29, 0.717) is 19.5 Å². The van der Waals surface area contributed by atoms with E-state index < -0.39 is 10.0 Å². The minimum atomic E-state index is -3.36. The van der Waals surface area contributed by atoms with Crippen LogP contribution in [0.15, 0.2) is 36.5 Å². The second-order valence-electron chi connectivity index (χ2n) is 4.39. The Morgan fingerprint density at radius 1 is 1.21 bits per heavy atom. The molecule has 0 spiro atoms. The van der Waals surface area contributed by atoms with Crippen LogP contribution in [-0.4, -0.2) is 25.7 Å². The van der Waals surface area contributed by atoms with E-state index in [0.717, 1.165) is 16.5 Å². The molecule has 1 heterocycles. The maximum absolute atomic E-state index is 10.8. The number of nitrogens with zero attached hydrogens (tertiary/aromatic N) is 1. The summed E-state index contributed by atoms with van der Waals surface area (Å²) >= 11 is 0. The van der Waals surface area contributed by atoms with Gasteiger partial charge in [-0.25, -0.2) is 13.6 Å². The van der Waals surface area contributed by atoms with Gasteiger partial charge in [-0.1, -0.05) is 24.3 Å². The Kier molecular flexibility index (Phi) is 4.47. The molecule has 0 aliphatic carbocycles. The lowest BCUT2D eigenvalue weighted by atomic mass is 10.1. The van der Waals surface area contributed by atoms with Crippen molar-refractivity contribution in [3.63, 3.8) is 0 Å². The topological polar surface area (TPSA) is 85.1 Å². The van der Waals surface area contributed by atoms with Crippen molar-refractivity contribution in [2.75, 3.05) is 12.3 Å². The smallest absolute Gasteiger partial charge is 0.209 e. The summed E-state index contributed by atoms with van der Waals surface area (Å²) in [5.41, 5.74) is 2.08. The van der Waals surface area contributed by atoms with Crippen LogP contribution in [0.1, 0.15) is 12.0 Å². The van der Waals surface area contributed by atoms with E-state index in [2.05, 4.69) is 10.3 Å². The predicted molar refractivity (Wildman–Crippen MR) is 76.0 cm³/mol. The number of primary sulfonamides is 1. The summed E-state index contributed by atoms with van der Waals surface area (Å²) in [7, 11) is -3.36. The molecule has 5 nitrogen and oxygen atoms in total. The fraction of sp³-hybridized carbons (Fsp3) is 0.308. The third-order valence-corrected chi connectivity index (χ3v) is 3.67. The first-order valence-corrected chi connectivity index (χ1v) is 7.81. The third kappa shape index (κ3) is 4.27. The molecule has 0 amide bonds. The van der Waals surface area contributed by atoms with Gasteiger partial charge in [-0.05, 0) is 24.6 Å². The van der Waals surface area contributed by atoms with Crippen molar-refractivity contribution in [3.8, 4) is 0 Å². The van der Waals surface area contributed by atoms with Crippen LogP contribution >= 0.6 is 0 Å². The van der Waals surface area contributed by atoms with Crippen LogP contribution in [-0.2, 0) is 16.6 Å². The van der Waals surface area contributed by atoms with Gasteiger partial charge < -0.3 is 5.32 Å². The predicted octanol–water partition coefficient (Wildman–Crippen LogP) is 1.00. The number of aromatic nitrogens is 1. The van der Waals surface area contributed by atoms with Crippen molar-refractivity contribution < 1.29 is 8.42 Å². The zero-order valence-corrected chi connectivity index (χ0v) is 11.4. The van der Waals surface area contributed by atoms with Gasteiger partial charge in [0.15, 0.2) is 0 Å². The quantitative estimate of drug-likeness (QED) is 0.773. The second kappa shape index (κ2) is 6.10. The van der Waals surface area contributed by atoms with E-state index in [1.54, 1.807) is 6.20 Å². The molecule has 1 aromatic carbocycles. The normalized spacial score (nSPS) is 11.8. The van der Waals surface area contributed by atoms with Gasteiger partial charge in [-0.2, -0.15) is 0 Å². The lowest BCUT2D eigenvalue weighted by Crippen LogP contribution is -2.22. The number of rotatable bonds is 6. The van der Waals surface area contributed by atoms with Gasteiger partial charge in [0.2, 0.25) is 10.0 Å². The standard InChI is InChI=1S/C13H17N3O2S/c14-19(17,18)9-3-7-15-10-12-5-1-4-11-6-2-8-16-13(11)12/h1-2,4-6,8,15H,3,7,9-10H2,(H2,14,17,18). The number of nitrogens with two attached hydrogens (primary N) is 1. The molecular weight excluding hydrogens is 262 g/mol. The highest BCUT2D eigenvalue weighted by atomic mass is 32.2. The van der Waals surface area contributed by atoms with Crippen LogP contribution in [0.3, 0.4) is 0 Å². The number of para-hydroxylation sites is 1. The maximum atomic E-state index is 10.8. The highest BCUT2D eigenvalue weighted by molar-refractivity contribution is 7.89. The number of pyridine rings is 1. The molecule has 2 rings (SSSR count). The van der Waals surface area contributed by atoms with Gasteiger partial charge in [0.1, 0.15) is 0 Å². The number of sulfonamides is 1. The van der Waals surface area contributed by atoms with E-state index in [1.165, 1.54) is 0 Å². The van der Waals surface area contributed by atoms with Crippen molar-refractivity contribution in [1.82, 2.24) is 10.3 Å². The molecule has 0 aliphatic heterocycles. The molecule has 6 heteroatoms. The number of fused-ring (bicyclic) bond motifs is 1. The summed E-state index contributed by atoms with van der Waals surface area (Å²) in [5.74, 6) is 0.00773. The Labute approximate surface area is 112 Å². The maximum Gasteiger partial charge on any atom is 0.209 e. The van der Waals surface area contributed by atoms with Crippen LogP contribution < -0.4 is 10.5 Å². The molecule has 3 N–H and O–H groups in total. The first kappa shape index (κ1) is 13.9. The highest BCUT2D eigenvalue weighted by Gasteiger charge is 2.03. The first-order valence-electron chi connectivity index (χ1n) is 6.10. The zero-order valence-electron chi connectivity index (χ0n) is 10.5. The number of benzene rings is 1. The summed E-state index contributed by atoms with van der Waals surface area (Å²) < 4.78 is 21.6. The van der Waals surface area contributed by atoms with Crippen molar-refractivity contribution in [2.45, 2.75) is 13.0 Å².